The molecule has 1 aliphatic carbocycles. The molecule has 0 aliphatic heterocycles. The third-order valence-electron chi connectivity index (χ3n) is 4.34. The fourth-order valence-corrected chi connectivity index (χ4v) is 5.39. The number of aliphatic hydroxyl groups is 1. The zero-order chi connectivity index (χ0) is 18.5. The predicted octanol–water partition coefficient (Wildman–Crippen LogP) is 3.98. The number of hydrogen-bond acceptors (Lipinski definition) is 5. The molecule has 26 heavy (non-hydrogen) atoms. The SMILES string of the molecule is O=C(O)c1csc(SCCC2[C@@H](C#Cc3ccccc3)C(O)C[C@H]2Cl)n1. The van der Waals surface area contributed by atoms with Gasteiger partial charge < -0.3 is 10.2 Å². The van der Waals surface area contributed by atoms with Gasteiger partial charge in [-0.25, -0.2) is 9.78 Å². The number of aromatic carboxylic acids is 1. The van der Waals surface area contributed by atoms with Crippen molar-refractivity contribution in [2.24, 2.45) is 11.8 Å². The second kappa shape index (κ2) is 8.92. The molecule has 0 bridgehead atoms. The first kappa shape index (κ1) is 19.2. The van der Waals surface area contributed by atoms with Crippen molar-refractivity contribution in [1.29, 1.82) is 0 Å². The smallest absolute Gasteiger partial charge is 0.355 e. The highest BCUT2D eigenvalue weighted by atomic mass is 35.5. The van der Waals surface area contributed by atoms with E-state index in [9.17, 15) is 9.90 Å². The average Bonchev–Trinajstić information content (AvgIpc) is 3.19. The molecule has 1 aromatic carbocycles. The van der Waals surface area contributed by atoms with Crippen LogP contribution < -0.4 is 0 Å². The Labute approximate surface area is 165 Å². The fourth-order valence-electron chi connectivity index (χ4n) is 3.02. The molecule has 0 spiro atoms. The zero-order valence-electron chi connectivity index (χ0n) is 13.8. The van der Waals surface area contributed by atoms with E-state index in [1.165, 1.54) is 23.1 Å². The summed E-state index contributed by atoms with van der Waals surface area (Å²) >= 11 is 9.30. The summed E-state index contributed by atoms with van der Waals surface area (Å²) in [4.78, 5) is 15.0. The van der Waals surface area contributed by atoms with Gasteiger partial charge in [0.05, 0.1) is 12.0 Å². The van der Waals surface area contributed by atoms with Crippen molar-refractivity contribution in [2.75, 3.05) is 5.75 Å². The van der Waals surface area contributed by atoms with Gasteiger partial charge in [0.1, 0.15) is 0 Å². The van der Waals surface area contributed by atoms with Crippen LogP contribution in [0, 0.1) is 23.7 Å². The third kappa shape index (κ3) is 4.80. The summed E-state index contributed by atoms with van der Waals surface area (Å²) in [6.07, 6.45) is 0.833. The maximum atomic E-state index is 10.9. The first-order valence-corrected chi connectivity index (χ1v) is 10.5. The monoisotopic (exact) mass is 407 g/mol. The van der Waals surface area contributed by atoms with Crippen molar-refractivity contribution in [2.45, 2.75) is 28.7 Å². The lowest BCUT2D eigenvalue weighted by Gasteiger charge is -2.18. The van der Waals surface area contributed by atoms with Gasteiger partial charge in [0.15, 0.2) is 10.0 Å². The molecule has 0 amide bonds. The third-order valence-corrected chi connectivity index (χ3v) is 6.90. The van der Waals surface area contributed by atoms with Crippen LogP contribution in [0.3, 0.4) is 0 Å². The molecular formula is C19H18ClNO3S2. The van der Waals surface area contributed by atoms with Gasteiger partial charge in [0, 0.05) is 22.1 Å². The van der Waals surface area contributed by atoms with Crippen molar-refractivity contribution in [3.8, 4) is 11.8 Å². The van der Waals surface area contributed by atoms with Crippen LogP contribution in [0.25, 0.3) is 0 Å². The van der Waals surface area contributed by atoms with Gasteiger partial charge in [-0.3, -0.25) is 0 Å². The van der Waals surface area contributed by atoms with E-state index in [2.05, 4.69) is 16.8 Å². The summed E-state index contributed by atoms with van der Waals surface area (Å²) in [6.45, 7) is 0. The normalized spacial score (nSPS) is 24.8. The Bertz CT molecular complexity index is 815. The Morgan fingerprint density at radius 2 is 2.15 bits per heavy atom. The molecule has 1 fully saturated rings. The summed E-state index contributed by atoms with van der Waals surface area (Å²) in [5.74, 6) is 6.06. The van der Waals surface area contributed by atoms with Crippen LogP contribution in [0.5, 0.6) is 0 Å². The molecular weight excluding hydrogens is 390 g/mol. The number of carboxylic acid groups (broad SMARTS) is 1. The minimum atomic E-state index is -1.01. The van der Waals surface area contributed by atoms with Crippen LogP contribution in [0.2, 0.25) is 0 Å². The van der Waals surface area contributed by atoms with Crippen molar-refractivity contribution in [3.63, 3.8) is 0 Å². The van der Waals surface area contributed by atoms with Crippen LogP contribution in [0.1, 0.15) is 28.9 Å². The highest BCUT2D eigenvalue weighted by Gasteiger charge is 2.40. The van der Waals surface area contributed by atoms with Gasteiger partial charge in [0.25, 0.3) is 0 Å². The van der Waals surface area contributed by atoms with E-state index in [4.69, 9.17) is 16.7 Å². The molecule has 0 saturated heterocycles. The standard InChI is InChI=1S/C19H18ClNO3S2/c20-15-10-17(22)14(7-6-12-4-2-1-3-5-12)13(15)8-9-25-19-21-16(11-26-19)18(23)24/h1-5,11,13-15,17,22H,8-10H2,(H,23,24)/t13?,14-,15-,17?/m1/s1. The number of benzene rings is 1. The Kier molecular flexibility index (Phi) is 6.60. The van der Waals surface area contributed by atoms with Crippen molar-refractivity contribution in [3.05, 3.63) is 47.0 Å². The number of aromatic nitrogens is 1. The van der Waals surface area contributed by atoms with Gasteiger partial charge in [-0.05, 0) is 30.9 Å². The molecule has 136 valence electrons. The molecule has 2 aromatic rings. The van der Waals surface area contributed by atoms with Crippen LogP contribution >= 0.6 is 34.7 Å². The minimum Gasteiger partial charge on any atom is -0.476 e. The number of carboxylic acids is 1. The van der Waals surface area contributed by atoms with E-state index in [1.54, 1.807) is 5.38 Å². The highest BCUT2D eigenvalue weighted by Crippen LogP contribution is 2.39. The van der Waals surface area contributed by atoms with Gasteiger partial charge in [-0.1, -0.05) is 41.8 Å². The Hall–Kier alpha value is -1.52. The first-order valence-electron chi connectivity index (χ1n) is 8.25. The van der Waals surface area contributed by atoms with Crippen molar-refractivity contribution < 1.29 is 15.0 Å². The van der Waals surface area contributed by atoms with Crippen LogP contribution in [0.15, 0.2) is 40.1 Å². The number of carbonyl (C=O) groups is 1. The highest BCUT2D eigenvalue weighted by molar-refractivity contribution is 8.01. The molecule has 1 aliphatic rings. The van der Waals surface area contributed by atoms with Gasteiger partial charge >= 0.3 is 5.97 Å². The number of hydrogen-bond donors (Lipinski definition) is 2. The molecule has 1 saturated carbocycles. The predicted molar refractivity (Wildman–Crippen MR) is 105 cm³/mol. The number of alkyl halides is 1. The number of thiazole rings is 1. The molecule has 0 radical (unpaired) electrons. The summed E-state index contributed by atoms with van der Waals surface area (Å²) in [5.41, 5.74) is 1.01. The van der Waals surface area contributed by atoms with E-state index in [0.717, 1.165) is 22.1 Å². The lowest BCUT2D eigenvalue weighted by Crippen LogP contribution is -2.19. The number of nitrogens with zero attached hydrogens (tertiary/aromatic N) is 1. The molecule has 1 heterocycles. The number of halogens is 1. The molecule has 4 nitrogen and oxygen atoms in total. The molecule has 7 heteroatoms. The Morgan fingerprint density at radius 3 is 2.85 bits per heavy atom. The van der Waals surface area contributed by atoms with E-state index in [-0.39, 0.29) is 22.9 Å². The van der Waals surface area contributed by atoms with E-state index in [1.807, 2.05) is 30.3 Å². The molecule has 1 aromatic heterocycles. The van der Waals surface area contributed by atoms with E-state index >= 15 is 0 Å². The second-order valence-electron chi connectivity index (χ2n) is 6.08. The maximum absolute atomic E-state index is 10.9. The van der Waals surface area contributed by atoms with Crippen LogP contribution in [0.4, 0.5) is 0 Å². The summed E-state index contributed by atoms with van der Waals surface area (Å²) in [7, 11) is 0. The molecule has 3 rings (SSSR count). The van der Waals surface area contributed by atoms with Crippen molar-refractivity contribution >= 4 is 40.7 Å². The topological polar surface area (TPSA) is 70.4 Å². The van der Waals surface area contributed by atoms with E-state index in [0.29, 0.717) is 6.42 Å². The molecule has 4 atom stereocenters. The number of rotatable bonds is 5. The summed E-state index contributed by atoms with van der Waals surface area (Å²) in [5, 5.41) is 20.7. The average molecular weight is 408 g/mol. The Balaban J connectivity index is 1.61. The maximum Gasteiger partial charge on any atom is 0.355 e. The number of aliphatic hydroxyl groups excluding tert-OH is 1. The van der Waals surface area contributed by atoms with Crippen molar-refractivity contribution in [1.82, 2.24) is 4.98 Å². The first-order chi connectivity index (χ1) is 12.5. The number of thioether (sulfide) groups is 1. The van der Waals surface area contributed by atoms with Gasteiger partial charge in [-0.15, -0.1) is 22.9 Å². The minimum absolute atomic E-state index is 0.0793. The lowest BCUT2D eigenvalue weighted by atomic mass is 9.92. The summed E-state index contributed by atoms with van der Waals surface area (Å²) < 4.78 is 0.735. The van der Waals surface area contributed by atoms with E-state index < -0.39 is 12.1 Å². The van der Waals surface area contributed by atoms with Gasteiger partial charge in [0.2, 0.25) is 0 Å². The zero-order valence-corrected chi connectivity index (χ0v) is 16.2. The molecule has 2 unspecified atom stereocenters. The van der Waals surface area contributed by atoms with Crippen LogP contribution in [-0.4, -0.2) is 38.4 Å². The van der Waals surface area contributed by atoms with Gasteiger partial charge in [-0.2, -0.15) is 0 Å². The quantitative estimate of drug-likeness (QED) is 0.445. The molecule has 2 N–H and O–H groups in total. The lowest BCUT2D eigenvalue weighted by molar-refractivity contribution is 0.0691. The Morgan fingerprint density at radius 1 is 1.38 bits per heavy atom. The second-order valence-corrected chi connectivity index (χ2v) is 8.85. The van der Waals surface area contributed by atoms with Crippen LogP contribution in [-0.2, 0) is 0 Å². The summed E-state index contributed by atoms with van der Waals surface area (Å²) in [6, 6.07) is 9.71. The largest absolute Gasteiger partial charge is 0.476 e. The fraction of sp³-hybridized carbons (Fsp3) is 0.368.